The number of hydrogen-bond acceptors (Lipinski definition) is 6. The average Bonchev–Trinajstić information content (AvgIpc) is 2.82. The molecule has 2 aromatic heterocycles. The molecule has 6 N–H and O–H groups in total. The zero-order chi connectivity index (χ0) is 12.9. The topological polar surface area (TPSA) is 119 Å². The summed E-state index contributed by atoms with van der Waals surface area (Å²) in [6.07, 6.45) is 1.61. The molecule has 3 rings (SSSR count). The van der Waals surface area contributed by atoms with Gasteiger partial charge in [-0.1, -0.05) is 0 Å². The number of fused-ring (bicyclic) bond motifs is 1. The molecule has 0 fully saturated rings. The molecule has 0 saturated carbocycles. The maximum absolute atomic E-state index is 5.87. The fourth-order valence-electron chi connectivity index (χ4n) is 2.27. The van der Waals surface area contributed by atoms with Crippen LogP contribution in [0, 0.1) is 0 Å². The quantitative estimate of drug-likeness (QED) is 0.576. The van der Waals surface area contributed by atoms with Gasteiger partial charge in [-0.05, 0) is 13.8 Å². The largest absolute Gasteiger partial charge is 0.383 e. The maximum Gasteiger partial charge on any atom is 0.221 e. The molecule has 0 radical (unpaired) electrons. The van der Waals surface area contributed by atoms with Crippen LogP contribution in [0.2, 0.25) is 0 Å². The number of aromatic nitrogens is 4. The lowest BCUT2D eigenvalue weighted by Gasteiger charge is -2.17. The van der Waals surface area contributed by atoms with Crippen molar-refractivity contribution in [2.24, 2.45) is 0 Å². The fourth-order valence-corrected chi connectivity index (χ4v) is 2.27. The van der Waals surface area contributed by atoms with Gasteiger partial charge in [0.25, 0.3) is 0 Å². The van der Waals surface area contributed by atoms with Crippen LogP contribution in [0.1, 0.15) is 25.1 Å². The SMILES string of the molecule is CC1(C)NCc2c(-c3cnc(N)nc3N)n[nH]c21. The molecule has 0 aromatic carbocycles. The van der Waals surface area contributed by atoms with E-state index in [2.05, 4.69) is 39.3 Å². The minimum absolute atomic E-state index is 0.107. The van der Waals surface area contributed by atoms with E-state index in [1.165, 1.54) is 0 Å². The molecule has 0 amide bonds. The Balaban J connectivity index is 2.15. The number of hydrogen-bond donors (Lipinski definition) is 4. The van der Waals surface area contributed by atoms with Crippen LogP contribution in [0.5, 0.6) is 0 Å². The van der Waals surface area contributed by atoms with Crippen LogP contribution in [0.3, 0.4) is 0 Å². The van der Waals surface area contributed by atoms with Crippen LogP contribution < -0.4 is 16.8 Å². The number of nitrogens with two attached hydrogens (primary N) is 2. The summed E-state index contributed by atoms with van der Waals surface area (Å²) in [6, 6.07) is 0. The number of H-pyrrole nitrogens is 1. The van der Waals surface area contributed by atoms with Crippen molar-refractivity contribution in [1.29, 1.82) is 0 Å². The van der Waals surface area contributed by atoms with Gasteiger partial charge in [0.1, 0.15) is 11.5 Å². The van der Waals surface area contributed by atoms with Crippen molar-refractivity contribution >= 4 is 11.8 Å². The van der Waals surface area contributed by atoms with Gasteiger partial charge < -0.3 is 16.8 Å². The van der Waals surface area contributed by atoms with E-state index in [4.69, 9.17) is 11.5 Å². The summed E-state index contributed by atoms with van der Waals surface area (Å²) < 4.78 is 0. The zero-order valence-electron chi connectivity index (χ0n) is 10.3. The van der Waals surface area contributed by atoms with Gasteiger partial charge >= 0.3 is 0 Å². The van der Waals surface area contributed by atoms with E-state index in [1.54, 1.807) is 6.20 Å². The van der Waals surface area contributed by atoms with Crippen molar-refractivity contribution in [2.75, 3.05) is 11.5 Å². The number of nitrogen functional groups attached to an aromatic ring is 2. The van der Waals surface area contributed by atoms with Crippen LogP contribution in [0.25, 0.3) is 11.3 Å². The summed E-state index contributed by atoms with van der Waals surface area (Å²) in [6.45, 7) is 4.95. The second kappa shape index (κ2) is 3.42. The van der Waals surface area contributed by atoms with Crippen molar-refractivity contribution in [3.8, 4) is 11.3 Å². The summed E-state index contributed by atoms with van der Waals surface area (Å²) >= 11 is 0. The smallest absolute Gasteiger partial charge is 0.221 e. The van der Waals surface area contributed by atoms with Crippen LogP contribution in [-0.4, -0.2) is 20.2 Å². The molecular formula is C11H15N7. The van der Waals surface area contributed by atoms with E-state index in [-0.39, 0.29) is 11.5 Å². The average molecular weight is 245 g/mol. The predicted octanol–water partition coefficient (Wildman–Crippen LogP) is 0.369. The van der Waals surface area contributed by atoms with E-state index >= 15 is 0 Å². The highest BCUT2D eigenvalue weighted by Gasteiger charge is 2.34. The van der Waals surface area contributed by atoms with Crippen molar-refractivity contribution in [2.45, 2.75) is 25.9 Å². The summed E-state index contributed by atoms with van der Waals surface area (Å²) in [5.74, 6) is 0.517. The first-order chi connectivity index (χ1) is 8.49. The first kappa shape index (κ1) is 11.0. The van der Waals surface area contributed by atoms with Crippen LogP contribution in [0.15, 0.2) is 6.20 Å². The number of rotatable bonds is 1. The number of nitrogens with one attached hydrogen (secondary N) is 2. The molecule has 1 aliphatic rings. The van der Waals surface area contributed by atoms with Gasteiger partial charge in [-0.3, -0.25) is 5.10 Å². The van der Waals surface area contributed by atoms with E-state index in [1.807, 2.05) is 0 Å². The third-order valence-electron chi connectivity index (χ3n) is 3.29. The number of nitrogens with zero attached hydrogens (tertiary/aromatic N) is 3. The van der Waals surface area contributed by atoms with Crippen LogP contribution in [-0.2, 0) is 12.1 Å². The van der Waals surface area contributed by atoms with Gasteiger partial charge in [-0.25, -0.2) is 4.98 Å². The van der Waals surface area contributed by atoms with Crippen molar-refractivity contribution in [1.82, 2.24) is 25.5 Å². The Kier molecular flexibility index (Phi) is 2.09. The lowest BCUT2D eigenvalue weighted by Crippen LogP contribution is -2.29. The molecule has 3 heterocycles. The monoisotopic (exact) mass is 245 g/mol. The first-order valence-electron chi connectivity index (χ1n) is 5.70. The normalized spacial score (nSPS) is 16.8. The van der Waals surface area contributed by atoms with Gasteiger partial charge in [0, 0.05) is 18.3 Å². The van der Waals surface area contributed by atoms with E-state index in [9.17, 15) is 0 Å². The molecule has 7 heteroatoms. The Bertz CT molecular complexity index is 614. The molecule has 1 aliphatic heterocycles. The van der Waals surface area contributed by atoms with Crippen LogP contribution >= 0.6 is 0 Å². The zero-order valence-corrected chi connectivity index (χ0v) is 10.3. The lowest BCUT2D eigenvalue weighted by molar-refractivity contribution is 0.429. The van der Waals surface area contributed by atoms with Gasteiger partial charge in [-0.2, -0.15) is 10.1 Å². The Morgan fingerprint density at radius 3 is 2.83 bits per heavy atom. The molecule has 0 unspecified atom stereocenters. The highest BCUT2D eigenvalue weighted by Crippen LogP contribution is 2.36. The predicted molar refractivity (Wildman–Crippen MR) is 68.3 cm³/mol. The van der Waals surface area contributed by atoms with E-state index in [0.29, 0.717) is 11.4 Å². The Labute approximate surface area is 104 Å². The molecular weight excluding hydrogens is 230 g/mol. The summed E-state index contributed by atoms with van der Waals surface area (Å²) in [5.41, 5.74) is 14.9. The lowest BCUT2D eigenvalue weighted by atomic mass is 10.0. The molecule has 0 bridgehead atoms. The minimum Gasteiger partial charge on any atom is -0.383 e. The Morgan fingerprint density at radius 2 is 2.11 bits per heavy atom. The van der Waals surface area contributed by atoms with Gasteiger partial charge in [-0.15, -0.1) is 0 Å². The molecule has 2 aromatic rings. The summed E-state index contributed by atoms with van der Waals surface area (Å²) in [5, 5.41) is 10.8. The first-order valence-corrected chi connectivity index (χ1v) is 5.70. The fraction of sp³-hybridized carbons (Fsp3) is 0.364. The summed E-state index contributed by atoms with van der Waals surface area (Å²) in [4.78, 5) is 7.93. The van der Waals surface area contributed by atoms with Gasteiger partial charge in [0.05, 0.1) is 16.8 Å². The minimum atomic E-state index is -0.107. The number of anilines is 2. The molecule has 0 aliphatic carbocycles. The van der Waals surface area contributed by atoms with Crippen LogP contribution in [0.4, 0.5) is 11.8 Å². The van der Waals surface area contributed by atoms with Crippen molar-refractivity contribution < 1.29 is 0 Å². The van der Waals surface area contributed by atoms with Crippen molar-refractivity contribution in [3.63, 3.8) is 0 Å². The molecule has 7 nitrogen and oxygen atoms in total. The standard InChI is InChI=1S/C11H15N7/c1-11(2)8-5(4-15-11)7(17-18-8)6-3-14-10(13)16-9(6)12/h3,15H,4H2,1-2H3,(H,17,18)(H4,12,13,14,16). The number of aromatic amines is 1. The molecule has 0 spiro atoms. The highest BCUT2D eigenvalue weighted by atomic mass is 15.2. The summed E-state index contributed by atoms with van der Waals surface area (Å²) in [7, 11) is 0. The third kappa shape index (κ3) is 1.44. The van der Waals surface area contributed by atoms with Gasteiger partial charge in [0.15, 0.2) is 0 Å². The van der Waals surface area contributed by atoms with E-state index < -0.39 is 0 Å². The molecule has 18 heavy (non-hydrogen) atoms. The molecule has 0 atom stereocenters. The highest BCUT2D eigenvalue weighted by molar-refractivity contribution is 5.74. The Morgan fingerprint density at radius 1 is 1.33 bits per heavy atom. The van der Waals surface area contributed by atoms with Crippen molar-refractivity contribution in [3.05, 3.63) is 17.5 Å². The third-order valence-corrected chi connectivity index (χ3v) is 3.29. The second-order valence-corrected chi connectivity index (χ2v) is 4.93. The molecule has 0 saturated heterocycles. The Hall–Kier alpha value is -2.15. The van der Waals surface area contributed by atoms with Gasteiger partial charge in [0.2, 0.25) is 5.95 Å². The van der Waals surface area contributed by atoms with E-state index in [0.717, 1.165) is 23.5 Å². The maximum atomic E-state index is 5.87. The second-order valence-electron chi connectivity index (χ2n) is 4.93. The molecule has 94 valence electrons.